The second-order valence-corrected chi connectivity index (χ2v) is 7.38. The van der Waals surface area contributed by atoms with Crippen molar-refractivity contribution < 1.29 is 14.4 Å². The van der Waals surface area contributed by atoms with Crippen molar-refractivity contribution in [1.82, 2.24) is 4.90 Å². The quantitative estimate of drug-likeness (QED) is 0.579. The standard InChI is InChI=1S/C18H24N2O3S/c1-3-4-11-24-13(2)18(23)19-15-7-5-14(6-8-15)12-20-16(21)9-10-17(20)22/h5-8,13H,3-4,9-12H2,1-2H3,(H,19,23). The molecular formula is C18H24N2O3S. The van der Waals surface area contributed by atoms with Crippen molar-refractivity contribution >= 4 is 35.2 Å². The fourth-order valence-corrected chi connectivity index (χ4v) is 3.42. The van der Waals surface area contributed by atoms with E-state index in [1.54, 1.807) is 11.8 Å². The van der Waals surface area contributed by atoms with Crippen LogP contribution < -0.4 is 5.32 Å². The van der Waals surface area contributed by atoms with E-state index in [-0.39, 0.29) is 23.0 Å². The zero-order valence-corrected chi connectivity index (χ0v) is 15.0. The maximum atomic E-state index is 12.1. The minimum absolute atomic E-state index is 0.00579. The van der Waals surface area contributed by atoms with Crippen LogP contribution in [0.1, 0.15) is 45.1 Å². The van der Waals surface area contributed by atoms with Gasteiger partial charge in [0.2, 0.25) is 17.7 Å². The van der Waals surface area contributed by atoms with Crippen LogP contribution >= 0.6 is 11.8 Å². The summed E-state index contributed by atoms with van der Waals surface area (Å²) in [6.45, 7) is 4.35. The van der Waals surface area contributed by atoms with Gasteiger partial charge in [-0.25, -0.2) is 0 Å². The smallest absolute Gasteiger partial charge is 0.237 e. The lowest BCUT2D eigenvalue weighted by Crippen LogP contribution is -2.28. The molecule has 1 unspecified atom stereocenters. The minimum atomic E-state index is -0.115. The van der Waals surface area contributed by atoms with E-state index in [4.69, 9.17) is 0 Å². The summed E-state index contributed by atoms with van der Waals surface area (Å²) in [5.41, 5.74) is 1.60. The Labute approximate surface area is 147 Å². The molecule has 0 saturated carbocycles. The third-order valence-corrected chi connectivity index (χ3v) is 5.19. The average molecular weight is 348 g/mol. The number of carbonyl (C=O) groups is 3. The van der Waals surface area contributed by atoms with Crippen LogP contribution in [0, 0.1) is 0 Å². The Morgan fingerprint density at radius 2 is 1.83 bits per heavy atom. The van der Waals surface area contributed by atoms with Gasteiger partial charge in [-0.05, 0) is 36.8 Å². The largest absolute Gasteiger partial charge is 0.325 e. The number of unbranched alkanes of at least 4 members (excludes halogenated alkanes) is 1. The first-order valence-corrected chi connectivity index (χ1v) is 9.40. The summed E-state index contributed by atoms with van der Waals surface area (Å²) >= 11 is 1.66. The average Bonchev–Trinajstić information content (AvgIpc) is 2.88. The maximum absolute atomic E-state index is 12.1. The van der Waals surface area contributed by atoms with Crippen molar-refractivity contribution in [3.8, 4) is 0 Å². The van der Waals surface area contributed by atoms with E-state index >= 15 is 0 Å². The number of hydrogen-bond acceptors (Lipinski definition) is 4. The van der Waals surface area contributed by atoms with Crippen LogP contribution in [0.3, 0.4) is 0 Å². The summed E-state index contributed by atoms with van der Waals surface area (Å²) in [7, 11) is 0. The summed E-state index contributed by atoms with van der Waals surface area (Å²) in [5.74, 6) is 0.751. The lowest BCUT2D eigenvalue weighted by atomic mass is 10.2. The first-order valence-electron chi connectivity index (χ1n) is 8.36. The second-order valence-electron chi connectivity index (χ2n) is 5.93. The Morgan fingerprint density at radius 3 is 2.42 bits per heavy atom. The summed E-state index contributed by atoms with van der Waals surface area (Å²) in [5, 5.41) is 2.81. The second kappa shape index (κ2) is 8.87. The van der Waals surface area contributed by atoms with E-state index in [9.17, 15) is 14.4 Å². The normalized spacial score (nSPS) is 15.7. The topological polar surface area (TPSA) is 66.5 Å². The first kappa shape index (κ1) is 18.5. The monoisotopic (exact) mass is 348 g/mol. The molecule has 24 heavy (non-hydrogen) atoms. The van der Waals surface area contributed by atoms with E-state index in [1.807, 2.05) is 31.2 Å². The van der Waals surface area contributed by atoms with Crippen molar-refractivity contribution in [1.29, 1.82) is 0 Å². The van der Waals surface area contributed by atoms with Crippen LogP contribution in [0.25, 0.3) is 0 Å². The molecule has 1 aromatic carbocycles. The van der Waals surface area contributed by atoms with Gasteiger partial charge in [0.05, 0.1) is 11.8 Å². The van der Waals surface area contributed by atoms with E-state index < -0.39 is 0 Å². The minimum Gasteiger partial charge on any atom is -0.325 e. The lowest BCUT2D eigenvalue weighted by Gasteiger charge is -2.15. The predicted octanol–water partition coefficient (Wildman–Crippen LogP) is 3.20. The molecule has 1 saturated heterocycles. The molecule has 5 nitrogen and oxygen atoms in total. The summed E-state index contributed by atoms with van der Waals surface area (Å²) < 4.78 is 0. The number of imide groups is 1. The summed E-state index contributed by atoms with van der Waals surface area (Å²) in [6.07, 6.45) is 2.86. The number of amides is 3. The van der Waals surface area contributed by atoms with Gasteiger partial charge in [-0.3, -0.25) is 19.3 Å². The van der Waals surface area contributed by atoms with Crippen LogP contribution in [0.15, 0.2) is 24.3 Å². The van der Waals surface area contributed by atoms with Crippen LogP contribution in [0.2, 0.25) is 0 Å². The van der Waals surface area contributed by atoms with Crippen molar-refractivity contribution in [3.63, 3.8) is 0 Å². The third kappa shape index (κ3) is 5.09. The Morgan fingerprint density at radius 1 is 1.21 bits per heavy atom. The first-order chi connectivity index (χ1) is 11.5. The lowest BCUT2D eigenvalue weighted by molar-refractivity contribution is -0.139. The zero-order chi connectivity index (χ0) is 17.5. The number of carbonyl (C=O) groups excluding carboxylic acids is 3. The van der Waals surface area contributed by atoms with Gasteiger partial charge in [-0.15, -0.1) is 11.8 Å². The fourth-order valence-electron chi connectivity index (χ4n) is 2.40. The number of thioether (sulfide) groups is 1. The molecule has 0 radical (unpaired) electrons. The Kier molecular flexibility index (Phi) is 6.85. The molecular weight excluding hydrogens is 324 g/mol. The molecule has 0 spiro atoms. The van der Waals surface area contributed by atoms with Crippen molar-refractivity contribution in [2.24, 2.45) is 0 Å². The van der Waals surface area contributed by atoms with Gasteiger partial charge in [0.15, 0.2) is 0 Å². The van der Waals surface area contributed by atoms with Gasteiger partial charge in [-0.2, -0.15) is 0 Å². The molecule has 130 valence electrons. The van der Waals surface area contributed by atoms with E-state index in [0.29, 0.717) is 19.4 Å². The van der Waals surface area contributed by atoms with Gasteiger partial charge in [0, 0.05) is 18.5 Å². The van der Waals surface area contributed by atoms with Gasteiger partial charge < -0.3 is 5.32 Å². The van der Waals surface area contributed by atoms with Gasteiger partial charge in [-0.1, -0.05) is 25.5 Å². The summed E-state index contributed by atoms with van der Waals surface area (Å²) in [6, 6.07) is 7.29. The fraction of sp³-hybridized carbons (Fsp3) is 0.500. The Bertz CT molecular complexity index is 585. The molecule has 1 fully saturated rings. The van der Waals surface area contributed by atoms with Crippen molar-refractivity contribution in [2.75, 3.05) is 11.1 Å². The molecule has 2 rings (SSSR count). The number of benzene rings is 1. The highest BCUT2D eigenvalue weighted by atomic mass is 32.2. The molecule has 1 aliphatic rings. The van der Waals surface area contributed by atoms with Crippen molar-refractivity contribution in [3.05, 3.63) is 29.8 Å². The molecule has 1 aromatic rings. The number of hydrogen-bond donors (Lipinski definition) is 1. The predicted molar refractivity (Wildman–Crippen MR) is 96.7 cm³/mol. The Balaban J connectivity index is 1.86. The molecule has 1 atom stereocenters. The van der Waals surface area contributed by atoms with E-state index in [1.165, 1.54) is 4.90 Å². The zero-order valence-electron chi connectivity index (χ0n) is 14.2. The van der Waals surface area contributed by atoms with Crippen LogP contribution in [-0.2, 0) is 20.9 Å². The molecule has 6 heteroatoms. The molecule has 3 amide bonds. The number of rotatable bonds is 8. The Hall–Kier alpha value is -1.82. The summed E-state index contributed by atoms with van der Waals surface area (Å²) in [4.78, 5) is 36.7. The molecule has 0 bridgehead atoms. The maximum Gasteiger partial charge on any atom is 0.237 e. The van der Waals surface area contributed by atoms with Gasteiger partial charge in [0.25, 0.3) is 0 Å². The molecule has 1 N–H and O–H groups in total. The molecule has 0 aromatic heterocycles. The van der Waals surface area contributed by atoms with Gasteiger partial charge in [0.1, 0.15) is 0 Å². The number of anilines is 1. The number of likely N-dealkylation sites (tertiary alicyclic amines) is 1. The molecule has 1 heterocycles. The highest BCUT2D eigenvalue weighted by Crippen LogP contribution is 2.19. The van der Waals surface area contributed by atoms with E-state index in [2.05, 4.69) is 12.2 Å². The number of nitrogens with one attached hydrogen (secondary N) is 1. The van der Waals surface area contributed by atoms with Crippen LogP contribution in [0.5, 0.6) is 0 Å². The highest BCUT2D eigenvalue weighted by Gasteiger charge is 2.28. The van der Waals surface area contributed by atoms with E-state index in [0.717, 1.165) is 29.8 Å². The molecule has 0 aliphatic carbocycles. The van der Waals surface area contributed by atoms with Crippen molar-refractivity contribution in [2.45, 2.75) is 51.3 Å². The highest BCUT2D eigenvalue weighted by molar-refractivity contribution is 8.00. The SMILES string of the molecule is CCCCSC(C)C(=O)Nc1ccc(CN2C(=O)CCC2=O)cc1. The van der Waals surface area contributed by atoms with Crippen LogP contribution in [-0.4, -0.2) is 33.6 Å². The van der Waals surface area contributed by atoms with Gasteiger partial charge >= 0.3 is 0 Å². The third-order valence-electron chi connectivity index (χ3n) is 3.95. The van der Waals surface area contributed by atoms with Crippen LogP contribution in [0.4, 0.5) is 5.69 Å². The number of nitrogens with zero attached hydrogens (tertiary/aromatic N) is 1. The molecule has 1 aliphatic heterocycles.